The number of para-hydroxylation sites is 1. The molecular weight excluding hydrogens is 254 g/mol. The van der Waals surface area contributed by atoms with Gasteiger partial charge in [-0.15, -0.1) is 0 Å². The van der Waals surface area contributed by atoms with E-state index in [1.165, 1.54) is 0 Å². The van der Waals surface area contributed by atoms with Crippen molar-refractivity contribution in [3.63, 3.8) is 0 Å². The average Bonchev–Trinajstić information content (AvgIpc) is 2.49. The summed E-state index contributed by atoms with van der Waals surface area (Å²) in [7, 11) is 1.68. The zero-order chi connectivity index (χ0) is 14.4. The molecule has 0 spiro atoms. The van der Waals surface area contributed by atoms with Gasteiger partial charge in [-0.05, 0) is 13.0 Å². The van der Waals surface area contributed by atoms with Crippen LogP contribution in [0.15, 0.2) is 24.3 Å². The van der Waals surface area contributed by atoms with Crippen LogP contribution in [0.25, 0.3) is 0 Å². The highest BCUT2D eigenvalue weighted by Crippen LogP contribution is 2.21. The highest BCUT2D eigenvalue weighted by molar-refractivity contribution is 5.81. The lowest BCUT2D eigenvalue weighted by molar-refractivity contribution is -0.126. The standard InChI is InChI=1S/C15H23N3O2/c1-3-20-14-7-5-4-6-12(14)11-18-9-8-17-10-13(18)15(19)16-2/h4-7,13,17H,3,8-11H2,1-2H3,(H,16,19). The molecule has 0 aromatic heterocycles. The van der Waals surface area contributed by atoms with Crippen molar-refractivity contribution in [2.24, 2.45) is 0 Å². The maximum Gasteiger partial charge on any atom is 0.238 e. The highest BCUT2D eigenvalue weighted by Gasteiger charge is 2.28. The van der Waals surface area contributed by atoms with E-state index in [1.807, 2.05) is 25.1 Å². The number of carbonyl (C=O) groups excluding carboxylic acids is 1. The van der Waals surface area contributed by atoms with Crippen LogP contribution in [0.2, 0.25) is 0 Å². The monoisotopic (exact) mass is 277 g/mol. The molecule has 1 atom stereocenters. The molecule has 110 valence electrons. The van der Waals surface area contributed by atoms with Crippen LogP contribution in [0.5, 0.6) is 5.75 Å². The molecule has 1 amide bonds. The molecule has 1 aromatic rings. The van der Waals surface area contributed by atoms with E-state index in [0.717, 1.165) is 30.9 Å². The summed E-state index contributed by atoms with van der Waals surface area (Å²) >= 11 is 0. The number of likely N-dealkylation sites (N-methyl/N-ethyl adjacent to an activating group) is 1. The van der Waals surface area contributed by atoms with Gasteiger partial charge < -0.3 is 15.4 Å². The minimum Gasteiger partial charge on any atom is -0.494 e. The Kier molecular flexibility index (Phi) is 5.38. The largest absolute Gasteiger partial charge is 0.494 e. The predicted molar refractivity (Wildman–Crippen MR) is 78.7 cm³/mol. The molecule has 20 heavy (non-hydrogen) atoms. The van der Waals surface area contributed by atoms with Crippen LogP contribution < -0.4 is 15.4 Å². The lowest BCUT2D eigenvalue weighted by Crippen LogP contribution is -2.56. The van der Waals surface area contributed by atoms with Gasteiger partial charge in [0.1, 0.15) is 11.8 Å². The molecule has 0 saturated carbocycles. The van der Waals surface area contributed by atoms with Crippen LogP contribution >= 0.6 is 0 Å². The Hall–Kier alpha value is -1.59. The Bertz CT molecular complexity index is 450. The molecule has 5 nitrogen and oxygen atoms in total. The van der Waals surface area contributed by atoms with Crippen molar-refractivity contribution in [2.75, 3.05) is 33.3 Å². The third-order valence-corrected chi connectivity index (χ3v) is 3.55. The number of nitrogens with zero attached hydrogens (tertiary/aromatic N) is 1. The van der Waals surface area contributed by atoms with Gasteiger partial charge in [-0.1, -0.05) is 18.2 Å². The van der Waals surface area contributed by atoms with Crippen LogP contribution in [0.4, 0.5) is 0 Å². The summed E-state index contributed by atoms with van der Waals surface area (Å²) in [5.41, 5.74) is 1.13. The Labute approximate surface area is 120 Å². The molecule has 1 saturated heterocycles. The van der Waals surface area contributed by atoms with Gasteiger partial charge in [0, 0.05) is 38.8 Å². The van der Waals surface area contributed by atoms with Gasteiger partial charge in [0.15, 0.2) is 0 Å². The van der Waals surface area contributed by atoms with Gasteiger partial charge >= 0.3 is 0 Å². The lowest BCUT2D eigenvalue weighted by atomic mass is 10.1. The van der Waals surface area contributed by atoms with Crippen molar-refractivity contribution in [1.29, 1.82) is 0 Å². The smallest absolute Gasteiger partial charge is 0.238 e. The number of ether oxygens (including phenoxy) is 1. The quantitative estimate of drug-likeness (QED) is 0.828. The first-order valence-corrected chi connectivity index (χ1v) is 7.13. The number of benzene rings is 1. The van der Waals surface area contributed by atoms with Crippen molar-refractivity contribution in [1.82, 2.24) is 15.5 Å². The Morgan fingerprint density at radius 3 is 3.05 bits per heavy atom. The van der Waals surface area contributed by atoms with E-state index in [4.69, 9.17) is 4.74 Å². The first kappa shape index (κ1) is 14.8. The van der Waals surface area contributed by atoms with Crippen molar-refractivity contribution in [3.8, 4) is 5.75 Å². The summed E-state index contributed by atoms with van der Waals surface area (Å²) in [6, 6.07) is 7.91. The molecule has 2 N–H and O–H groups in total. The second kappa shape index (κ2) is 7.26. The predicted octanol–water partition coefficient (Wildman–Crippen LogP) is 0.605. The summed E-state index contributed by atoms with van der Waals surface area (Å²) in [5, 5.41) is 6.01. The number of hydrogen-bond acceptors (Lipinski definition) is 4. The number of piperazine rings is 1. The van der Waals surface area contributed by atoms with Crippen molar-refractivity contribution >= 4 is 5.91 Å². The first-order chi connectivity index (χ1) is 9.76. The SMILES string of the molecule is CCOc1ccccc1CN1CCNCC1C(=O)NC. The normalized spacial score (nSPS) is 19.6. The van der Waals surface area contributed by atoms with E-state index >= 15 is 0 Å². The number of amides is 1. The van der Waals surface area contributed by atoms with Gasteiger partial charge in [-0.3, -0.25) is 9.69 Å². The maximum atomic E-state index is 12.0. The molecule has 1 aliphatic rings. The topological polar surface area (TPSA) is 53.6 Å². The van der Waals surface area contributed by atoms with Crippen LogP contribution in [-0.2, 0) is 11.3 Å². The molecular formula is C15H23N3O2. The van der Waals surface area contributed by atoms with Crippen molar-refractivity contribution in [2.45, 2.75) is 19.5 Å². The highest BCUT2D eigenvalue weighted by atomic mass is 16.5. The van der Waals surface area contributed by atoms with Gasteiger partial charge in [0.05, 0.1) is 6.61 Å². The van der Waals surface area contributed by atoms with E-state index in [1.54, 1.807) is 7.05 Å². The van der Waals surface area contributed by atoms with Gasteiger partial charge in [0.25, 0.3) is 0 Å². The van der Waals surface area contributed by atoms with Crippen molar-refractivity contribution < 1.29 is 9.53 Å². The summed E-state index contributed by atoms with van der Waals surface area (Å²) < 4.78 is 5.66. The Balaban J connectivity index is 2.12. The van der Waals surface area contributed by atoms with Crippen molar-refractivity contribution in [3.05, 3.63) is 29.8 Å². The molecule has 0 radical (unpaired) electrons. The minimum absolute atomic E-state index is 0.0612. The van der Waals surface area contributed by atoms with E-state index < -0.39 is 0 Å². The molecule has 1 aromatic carbocycles. The number of carbonyl (C=O) groups is 1. The zero-order valence-corrected chi connectivity index (χ0v) is 12.2. The summed E-state index contributed by atoms with van der Waals surface area (Å²) in [4.78, 5) is 14.2. The molecule has 5 heteroatoms. The third-order valence-electron chi connectivity index (χ3n) is 3.55. The molecule has 1 heterocycles. The van der Waals surface area contributed by atoms with E-state index in [2.05, 4.69) is 21.6 Å². The minimum atomic E-state index is -0.122. The molecule has 1 unspecified atom stereocenters. The average molecular weight is 277 g/mol. The molecule has 1 fully saturated rings. The molecule has 1 aliphatic heterocycles. The van der Waals surface area contributed by atoms with Crippen LogP contribution in [0.1, 0.15) is 12.5 Å². The van der Waals surface area contributed by atoms with Gasteiger partial charge in [-0.2, -0.15) is 0 Å². The second-order valence-corrected chi connectivity index (χ2v) is 4.85. The fraction of sp³-hybridized carbons (Fsp3) is 0.533. The molecule has 0 bridgehead atoms. The van der Waals surface area contributed by atoms with E-state index in [9.17, 15) is 4.79 Å². The fourth-order valence-corrected chi connectivity index (χ4v) is 2.51. The number of rotatable bonds is 5. The Morgan fingerprint density at radius 1 is 1.50 bits per heavy atom. The zero-order valence-electron chi connectivity index (χ0n) is 12.2. The second-order valence-electron chi connectivity index (χ2n) is 4.85. The number of hydrogen-bond donors (Lipinski definition) is 2. The van der Waals surface area contributed by atoms with E-state index in [0.29, 0.717) is 13.2 Å². The maximum absolute atomic E-state index is 12.0. The molecule has 0 aliphatic carbocycles. The summed E-state index contributed by atoms with van der Waals surface area (Å²) in [6.07, 6.45) is 0. The fourth-order valence-electron chi connectivity index (χ4n) is 2.51. The van der Waals surface area contributed by atoms with Crippen LogP contribution in [-0.4, -0.2) is 50.1 Å². The first-order valence-electron chi connectivity index (χ1n) is 7.13. The Morgan fingerprint density at radius 2 is 2.30 bits per heavy atom. The van der Waals surface area contributed by atoms with Crippen LogP contribution in [0, 0.1) is 0 Å². The van der Waals surface area contributed by atoms with Gasteiger partial charge in [-0.25, -0.2) is 0 Å². The number of nitrogens with one attached hydrogen (secondary N) is 2. The summed E-state index contributed by atoms with van der Waals surface area (Å²) in [5.74, 6) is 0.968. The lowest BCUT2D eigenvalue weighted by Gasteiger charge is -2.35. The van der Waals surface area contributed by atoms with Crippen LogP contribution in [0.3, 0.4) is 0 Å². The van der Waals surface area contributed by atoms with E-state index in [-0.39, 0.29) is 11.9 Å². The van der Waals surface area contributed by atoms with Gasteiger partial charge in [0.2, 0.25) is 5.91 Å². The summed E-state index contributed by atoms with van der Waals surface area (Å²) in [6.45, 7) is 5.82. The third kappa shape index (κ3) is 3.49. The molecule has 2 rings (SSSR count).